The van der Waals surface area contributed by atoms with Gasteiger partial charge >= 0.3 is 0 Å². The van der Waals surface area contributed by atoms with E-state index >= 15 is 0 Å². The van der Waals surface area contributed by atoms with E-state index in [4.69, 9.17) is 80.5 Å². The van der Waals surface area contributed by atoms with Gasteiger partial charge in [-0.1, -0.05) is 0 Å². The van der Waals surface area contributed by atoms with Crippen molar-refractivity contribution in [3.63, 3.8) is 0 Å². The Morgan fingerprint density at radius 3 is 0.908 bits per heavy atom. The lowest BCUT2D eigenvalue weighted by Gasteiger charge is -2.45. The normalized spacial score (nSPS) is 52.0. The van der Waals surface area contributed by atoms with Crippen LogP contribution in [0.2, 0.25) is 0 Å². The molecule has 572 valence electrons. The quantitative estimate of drug-likeness (QED) is 0.0290. The van der Waals surface area contributed by atoms with E-state index in [0.717, 1.165) is 0 Å². The lowest BCUT2D eigenvalue weighted by Crippen LogP contribution is -2.64. The van der Waals surface area contributed by atoms with Crippen LogP contribution < -0.4 is 0 Å². The molecule has 0 aromatic heterocycles. The summed E-state index contributed by atoms with van der Waals surface area (Å²) >= 11 is 0. The van der Waals surface area contributed by atoms with Gasteiger partial charge in [0.05, 0.1) is 78.3 Å². The van der Waals surface area contributed by atoms with Crippen LogP contribution in [0.25, 0.3) is 0 Å². The molecule has 35 atom stereocenters. The number of aliphatic hydroxyl groups is 27. The highest BCUT2D eigenvalue weighted by molar-refractivity contribution is 5.07. The van der Waals surface area contributed by atoms with Gasteiger partial charge in [0, 0.05) is 12.8 Å². The smallest absolute Gasteiger partial charge is 0.224 e. The van der Waals surface area contributed by atoms with Gasteiger partial charge in [0.25, 0.3) is 0 Å². The molecule has 44 nitrogen and oxygen atoms in total. The van der Waals surface area contributed by atoms with E-state index in [-0.39, 0.29) is 6.42 Å². The fourth-order valence-corrected chi connectivity index (χ4v) is 13.1. The van der Waals surface area contributed by atoms with Gasteiger partial charge in [-0.15, -0.1) is 0 Å². The summed E-state index contributed by atoms with van der Waals surface area (Å²) in [6.07, 6.45) is -55.5. The molecule has 0 bridgehead atoms. The first-order chi connectivity index (χ1) is 46.3. The molecule has 9 aliphatic heterocycles. The van der Waals surface area contributed by atoms with Crippen LogP contribution in [-0.4, -0.2) is 461 Å². The van der Waals surface area contributed by atoms with Crippen LogP contribution in [0.3, 0.4) is 0 Å². The predicted octanol–water partition coefficient (Wildman–Crippen LogP) is -18.6. The van der Waals surface area contributed by atoms with Crippen LogP contribution in [0.5, 0.6) is 0 Å². The van der Waals surface area contributed by atoms with Crippen LogP contribution >= 0.6 is 0 Å². The lowest BCUT2D eigenvalue weighted by molar-refractivity contribution is -0.410. The number of hydrogen-bond donors (Lipinski definition) is 27. The van der Waals surface area contributed by atoms with Gasteiger partial charge in [0.15, 0.2) is 6.29 Å². The first-order valence-electron chi connectivity index (χ1n) is 31.2. The van der Waals surface area contributed by atoms with Crippen molar-refractivity contribution in [1.29, 1.82) is 0 Å². The average Bonchev–Trinajstić information content (AvgIpc) is 1.57. The summed E-state index contributed by atoms with van der Waals surface area (Å²) in [6, 6.07) is 0. The monoisotopic (exact) mass is 1440 g/mol. The summed E-state index contributed by atoms with van der Waals surface area (Å²) in [4.78, 5) is 0. The highest BCUT2D eigenvalue weighted by Crippen LogP contribution is 2.46. The van der Waals surface area contributed by atoms with Crippen molar-refractivity contribution in [3.05, 3.63) is 0 Å². The Labute approximate surface area is 553 Å². The fraction of sp³-hybridized carbons (Fsp3) is 1.00. The molecule has 9 saturated heterocycles. The van der Waals surface area contributed by atoms with Gasteiger partial charge in [0.1, 0.15) is 193 Å². The first-order valence-corrected chi connectivity index (χ1v) is 31.2. The Bertz CT molecular complexity index is 2530. The third kappa shape index (κ3) is 14.6. The fourth-order valence-electron chi connectivity index (χ4n) is 13.1. The number of ether oxygens (including phenoxy) is 17. The van der Waals surface area contributed by atoms with Gasteiger partial charge in [-0.05, 0) is 0 Å². The van der Waals surface area contributed by atoms with Crippen molar-refractivity contribution in [2.24, 2.45) is 0 Å². The topological polar surface area (TPSA) is 703 Å². The molecule has 27 N–H and O–H groups in total. The maximum atomic E-state index is 12.3. The molecule has 35 unspecified atom stereocenters. The van der Waals surface area contributed by atoms with Crippen molar-refractivity contribution in [3.8, 4) is 0 Å². The largest absolute Gasteiger partial charge is 0.394 e. The summed E-state index contributed by atoms with van der Waals surface area (Å²) in [5.41, 5.74) is 0. The third-order valence-corrected chi connectivity index (χ3v) is 19.3. The van der Waals surface area contributed by atoms with Crippen molar-refractivity contribution in [2.75, 3.05) is 112 Å². The molecule has 9 fully saturated rings. The minimum Gasteiger partial charge on any atom is -0.394 e. The van der Waals surface area contributed by atoms with E-state index < -0.39 is 330 Å². The molecular formula is C54H92O44. The molecule has 44 heteroatoms. The molecule has 9 rings (SSSR count). The number of rotatable bonds is 33. The van der Waals surface area contributed by atoms with Crippen LogP contribution in [0, 0.1) is 0 Å². The van der Waals surface area contributed by atoms with Crippen LogP contribution in [0.4, 0.5) is 0 Å². The minimum atomic E-state index is -3.27. The predicted molar refractivity (Wildman–Crippen MR) is 294 cm³/mol. The van der Waals surface area contributed by atoms with Gasteiger partial charge in [0.2, 0.25) is 46.3 Å². The molecule has 9 heterocycles. The number of hydrogen-bond acceptors (Lipinski definition) is 44. The molecule has 0 aliphatic carbocycles. The summed E-state index contributed by atoms with van der Waals surface area (Å²) < 4.78 is 98.8. The van der Waals surface area contributed by atoms with Crippen LogP contribution in [0.1, 0.15) is 12.8 Å². The standard InChI is InChI=1S/C54H92O44/c55-3-20-1-29(65)47(12-61,90-20)85-16-51(30(66)2-21(4-56)91-51)86-17-52(43(79)34(70)24(7-59)94-52)87-18-53(44(80)35(71)25(8-60)95-53)88-19-54(98-46-39(75)38(74)31(67)26(89-46)9-82-48(13-62)40(76)32(68)22(5-57)92-48)45(81)37(73)28(97-54)11-84-50(15-64)42(78)36(72)27(96-50)10-83-49(14-63)41(77)33(69)23(6-58)93-49/h20-46,55-81H,1-19H2. The SMILES string of the molecule is OCC1CC(O)C(CO)(OCC2(OCC3(OCC4(OCC5(OC6OC(COC7(CO)OC(CO)C(O)C7O)C(O)C(O)C6O)OC(COC6(CO)OC(COC7(CO)OC(CO)C(O)C7O)C(O)C6O)C(O)C5O)OC(CO)C(O)C4O)OC(CO)C(O)C3O)OC(CO)CC2O)O1. The first kappa shape index (κ1) is 80.3. The van der Waals surface area contributed by atoms with E-state index in [1.165, 1.54) is 0 Å². The average molecular weight is 1450 g/mol. The van der Waals surface area contributed by atoms with Crippen LogP contribution in [-0.2, 0) is 80.5 Å². The van der Waals surface area contributed by atoms with Gasteiger partial charge in [-0.2, -0.15) is 0 Å². The van der Waals surface area contributed by atoms with Crippen molar-refractivity contribution in [2.45, 2.75) is 224 Å². The second kappa shape index (κ2) is 31.7. The van der Waals surface area contributed by atoms with E-state index in [1.54, 1.807) is 0 Å². The Morgan fingerprint density at radius 2 is 0.541 bits per heavy atom. The van der Waals surface area contributed by atoms with Crippen molar-refractivity contribution in [1.82, 2.24) is 0 Å². The van der Waals surface area contributed by atoms with E-state index in [1.807, 2.05) is 0 Å². The molecule has 0 saturated carbocycles. The Hall–Kier alpha value is -1.76. The summed E-state index contributed by atoms with van der Waals surface area (Å²) in [7, 11) is 0. The van der Waals surface area contributed by atoms with Gasteiger partial charge in [-0.3, -0.25) is 0 Å². The van der Waals surface area contributed by atoms with Crippen LogP contribution in [0.15, 0.2) is 0 Å². The molecule has 0 radical (unpaired) electrons. The summed E-state index contributed by atoms with van der Waals surface area (Å²) in [6.45, 7) is -19.0. The molecule has 98 heavy (non-hydrogen) atoms. The summed E-state index contributed by atoms with van der Waals surface area (Å²) in [5.74, 6) is -22.0. The molecule has 0 amide bonds. The van der Waals surface area contributed by atoms with Crippen molar-refractivity contribution < 1.29 is 218 Å². The lowest BCUT2D eigenvalue weighted by atomic mass is 9.98. The van der Waals surface area contributed by atoms with E-state index in [2.05, 4.69) is 0 Å². The molecular weight excluding hydrogens is 1350 g/mol. The minimum absolute atomic E-state index is 0.269. The van der Waals surface area contributed by atoms with Gasteiger partial charge < -0.3 is 218 Å². The second-order valence-electron chi connectivity index (χ2n) is 25.5. The second-order valence-corrected chi connectivity index (χ2v) is 25.5. The summed E-state index contributed by atoms with van der Waals surface area (Å²) in [5, 5.41) is 294. The maximum Gasteiger partial charge on any atom is 0.224 e. The zero-order valence-corrected chi connectivity index (χ0v) is 52.0. The van der Waals surface area contributed by atoms with E-state index in [9.17, 15) is 138 Å². The molecule has 0 aromatic rings. The Morgan fingerprint density at radius 1 is 0.255 bits per heavy atom. The Kier molecular flexibility index (Phi) is 26.0. The highest BCUT2D eigenvalue weighted by Gasteiger charge is 2.68. The Balaban J connectivity index is 1.02. The van der Waals surface area contributed by atoms with Crippen molar-refractivity contribution >= 4 is 0 Å². The highest BCUT2D eigenvalue weighted by atomic mass is 16.9. The third-order valence-electron chi connectivity index (χ3n) is 19.3. The zero-order valence-electron chi connectivity index (χ0n) is 52.0. The zero-order chi connectivity index (χ0) is 72.0. The molecule has 0 aromatic carbocycles. The van der Waals surface area contributed by atoms with Gasteiger partial charge in [-0.25, -0.2) is 0 Å². The number of aliphatic hydroxyl groups excluding tert-OH is 27. The van der Waals surface area contributed by atoms with E-state index in [0.29, 0.717) is 0 Å². The maximum absolute atomic E-state index is 12.3. The molecule has 9 aliphatic rings. The molecule has 0 spiro atoms.